The van der Waals surface area contributed by atoms with Crippen molar-refractivity contribution in [3.63, 3.8) is 0 Å². The van der Waals surface area contributed by atoms with Crippen LogP contribution in [0.1, 0.15) is 0 Å². The van der Waals surface area contributed by atoms with E-state index in [1.54, 1.807) is 0 Å². The van der Waals surface area contributed by atoms with E-state index in [-0.39, 0.29) is 10.4 Å². The summed E-state index contributed by atoms with van der Waals surface area (Å²) in [6, 6.07) is 2.79. The van der Waals surface area contributed by atoms with E-state index in [4.69, 9.17) is 0 Å². The first-order chi connectivity index (χ1) is 5.49. The molecule has 1 rings (SSSR count). The third-order valence-corrected chi connectivity index (χ3v) is 1.62. The van der Waals surface area contributed by atoms with Gasteiger partial charge in [0, 0.05) is 17.8 Å². The second-order valence-electron chi connectivity index (χ2n) is 1.84. The minimum absolute atomic E-state index is 0.0995. The maximum Gasteiger partial charge on any atom is 0.487 e. The van der Waals surface area contributed by atoms with Crippen molar-refractivity contribution in [1.29, 1.82) is 0 Å². The fourth-order valence-electron chi connectivity index (χ4n) is 0.572. The second kappa shape index (κ2) is 3.53. The SMILES string of the molecule is FC(F)(Cl)Oc1cccnc1Br. The molecule has 0 bridgehead atoms. The number of nitrogens with zero attached hydrogens (tertiary/aromatic N) is 1. The first-order valence-electron chi connectivity index (χ1n) is 2.85. The highest BCUT2D eigenvalue weighted by Gasteiger charge is 2.28. The Labute approximate surface area is 80.6 Å². The fourth-order valence-corrected chi connectivity index (χ4v) is 0.987. The molecule has 6 heteroatoms. The van der Waals surface area contributed by atoms with E-state index in [1.807, 2.05) is 0 Å². The second-order valence-corrected chi connectivity index (χ2v) is 3.03. The fraction of sp³-hybridized carbons (Fsp3) is 0.167. The summed E-state index contributed by atoms with van der Waals surface area (Å²) in [6.45, 7) is 0. The topological polar surface area (TPSA) is 22.1 Å². The molecule has 0 saturated heterocycles. The summed E-state index contributed by atoms with van der Waals surface area (Å²) in [5.41, 5.74) is -3.70. The molecule has 0 atom stereocenters. The molecule has 12 heavy (non-hydrogen) atoms. The van der Waals surface area contributed by atoms with Crippen LogP contribution in [0.5, 0.6) is 5.75 Å². The van der Waals surface area contributed by atoms with Crippen molar-refractivity contribution in [2.24, 2.45) is 0 Å². The van der Waals surface area contributed by atoms with Gasteiger partial charge in [0.05, 0.1) is 0 Å². The summed E-state index contributed by atoms with van der Waals surface area (Å²) in [5.74, 6) is -0.0995. The van der Waals surface area contributed by atoms with E-state index >= 15 is 0 Å². The molecule has 1 heterocycles. The summed E-state index contributed by atoms with van der Waals surface area (Å²) < 4.78 is 28.4. The molecule has 0 spiro atoms. The summed E-state index contributed by atoms with van der Waals surface area (Å²) in [5, 5.41) is 0. The zero-order valence-corrected chi connectivity index (χ0v) is 7.94. The number of halogens is 4. The minimum Gasteiger partial charge on any atom is -0.417 e. The maximum atomic E-state index is 12.1. The van der Waals surface area contributed by atoms with Crippen molar-refractivity contribution < 1.29 is 13.5 Å². The van der Waals surface area contributed by atoms with Gasteiger partial charge >= 0.3 is 5.57 Å². The van der Waals surface area contributed by atoms with Gasteiger partial charge < -0.3 is 4.74 Å². The van der Waals surface area contributed by atoms with Crippen molar-refractivity contribution in [3.05, 3.63) is 22.9 Å². The molecule has 0 saturated carbocycles. The van der Waals surface area contributed by atoms with Gasteiger partial charge in [-0.3, -0.25) is 0 Å². The van der Waals surface area contributed by atoms with Gasteiger partial charge in [0.15, 0.2) is 5.75 Å². The molecule has 0 fully saturated rings. The Morgan fingerprint density at radius 2 is 2.25 bits per heavy atom. The summed E-state index contributed by atoms with van der Waals surface area (Å²) in [6.07, 6.45) is 1.43. The van der Waals surface area contributed by atoms with Crippen LogP contribution in [0, 0.1) is 0 Å². The van der Waals surface area contributed by atoms with Gasteiger partial charge in [0.1, 0.15) is 4.60 Å². The van der Waals surface area contributed by atoms with Crippen LogP contribution in [0.2, 0.25) is 0 Å². The highest BCUT2D eigenvalue weighted by Crippen LogP contribution is 2.29. The Hall–Kier alpha value is -0.420. The maximum absolute atomic E-state index is 12.1. The molecule has 0 aliphatic rings. The third-order valence-electron chi connectivity index (χ3n) is 0.951. The lowest BCUT2D eigenvalue weighted by molar-refractivity contribution is -0.0971. The smallest absolute Gasteiger partial charge is 0.417 e. The van der Waals surface area contributed by atoms with Crippen LogP contribution in [0.25, 0.3) is 0 Å². The number of rotatable bonds is 2. The Morgan fingerprint density at radius 3 is 2.75 bits per heavy atom. The summed E-state index contributed by atoms with van der Waals surface area (Å²) in [7, 11) is 0. The molecular weight excluding hydrogens is 255 g/mol. The predicted octanol–water partition coefficient (Wildman–Crippen LogP) is 3.01. The lowest BCUT2D eigenvalue weighted by Gasteiger charge is -2.10. The highest BCUT2D eigenvalue weighted by molar-refractivity contribution is 9.10. The molecule has 0 amide bonds. The summed E-state index contributed by atoms with van der Waals surface area (Å²) >= 11 is 7.46. The van der Waals surface area contributed by atoms with Gasteiger partial charge in [-0.05, 0) is 28.1 Å². The molecule has 0 radical (unpaired) electrons. The van der Waals surface area contributed by atoms with E-state index in [0.717, 1.165) is 0 Å². The molecule has 0 unspecified atom stereocenters. The van der Waals surface area contributed by atoms with E-state index < -0.39 is 5.57 Å². The largest absolute Gasteiger partial charge is 0.487 e. The minimum atomic E-state index is -3.70. The molecule has 0 aromatic carbocycles. The zero-order chi connectivity index (χ0) is 9.19. The van der Waals surface area contributed by atoms with Gasteiger partial charge in [0.2, 0.25) is 0 Å². The molecule has 0 aliphatic carbocycles. The quantitative estimate of drug-likeness (QED) is 0.601. The van der Waals surface area contributed by atoms with Crippen LogP contribution in [0.4, 0.5) is 8.78 Å². The Balaban J connectivity index is 2.83. The van der Waals surface area contributed by atoms with Crippen LogP contribution in [0.3, 0.4) is 0 Å². The third kappa shape index (κ3) is 2.91. The van der Waals surface area contributed by atoms with E-state index in [9.17, 15) is 8.78 Å². The average molecular weight is 258 g/mol. The van der Waals surface area contributed by atoms with Crippen molar-refractivity contribution >= 4 is 27.5 Å². The van der Waals surface area contributed by atoms with Crippen LogP contribution >= 0.6 is 27.5 Å². The van der Waals surface area contributed by atoms with E-state index in [0.29, 0.717) is 0 Å². The number of hydrogen-bond acceptors (Lipinski definition) is 2. The monoisotopic (exact) mass is 257 g/mol. The Morgan fingerprint density at radius 1 is 1.58 bits per heavy atom. The first kappa shape index (κ1) is 9.67. The van der Waals surface area contributed by atoms with Gasteiger partial charge in [-0.1, -0.05) is 0 Å². The number of hydrogen-bond donors (Lipinski definition) is 0. The highest BCUT2D eigenvalue weighted by atomic mass is 79.9. The van der Waals surface area contributed by atoms with Crippen LogP contribution in [0.15, 0.2) is 22.9 Å². The lowest BCUT2D eigenvalue weighted by Crippen LogP contribution is -2.16. The van der Waals surface area contributed by atoms with Crippen molar-refractivity contribution in [1.82, 2.24) is 4.98 Å². The molecule has 66 valence electrons. The van der Waals surface area contributed by atoms with Crippen LogP contribution in [-0.2, 0) is 0 Å². The molecule has 1 aromatic heterocycles. The zero-order valence-electron chi connectivity index (χ0n) is 5.60. The summed E-state index contributed by atoms with van der Waals surface area (Å²) in [4.78, 5) is 3.66. The van der Waals surface area contributed by atoms with Crippen molar-refractivity contribution in [2.45, 2.75) is 5.57 Å². The number of aromatic nitrogens is 1. The standard InChI is InChI=1S/C6H3BrClF2NO/c7-5-4(2-1-3-11-5)12-6(8,9)10/h1-3H. The van der Waals surface area contributed by atoms with Gasteiger partial charge in [-0.25, -0.2) is 4.98 Å². The number of alkyl halides is 3. The Bertz CT molecular complexity index is 278. The van der Waals surface area contributed by atoms with E-state index in [1.165, 1.54) is 18.3 Å². The van der Waals surface area contributed by atoms with Crippen molar-refractivity contribution in [3.8, 4) is 5.75 Å². The molecule has 2 nitrogen and oxygen atoms in total. The van der Waals surface area contributed by atoms with Crippen molar-refractivity contribution in [2.75, 3.05) is 0 Å². The van der Waals surface area contributed by atoms with Gasteiger partial charge in [-0.2, -0.15) is 0 Å². The van der Waals surface area contributed by atoms with E-state index in [2.05, 4.69) is 37.3 Å². The predicted molar refractivity (Wildman–Crippen MR) is 43.4 cm³/mol. The molecular formula is C6H3BrClF2NO. The number of ether oxygens (including phenoxy) is 1. The van der Waals surface area contributed by atoms with Gasteiger partial charge in [0.25, 0.3) is 0 Å². The molecule has 0 aliphatic heterocycles. The normalized spacial score (nSPS) is 11.3. The first-order valence-corrected chi connectivity index (χ1v) is 4.02. The van der Waals surface area contributed by atoms with Crippen LogP contribution in [-0.4, -0.2) is 10.6 Å². The van der Waals surface area contributed by atoms with Gasteiger partial charge in [-0.15, -0.1) is 8.78 Å². The molecule has 1 aromatic rings. The Kier molecular flexibility index (Phi) is 2.85. The molecule has 0 N–H and O–H groups in total. The van der Waals surface area contributed by atoms with Crippen LogP contribution < -0.4 is 4.74 Å². The average Bonchev–Trinajstić information content (AvgIpc) is 1.91. The lowest BCUT2D eigenvalue weighted by atomic mass is 10.5. The number of pyridine rings is 1.